The molecular weight excluding hydrogens is 370 g/mol. The van der Waals surface area contributed by atoms with E-state index in [-0.39, 0.29) is 31.7 Å². The number of nitrogens with zero attached hydrogens (tertiary/aromatic N) is 3. The van der Waals surface area contributed by atoms with Gasteiger partial charge in [0.25, 0.3) is 0 Å². The number of hydrogen-bond acceptors (Lipinski definition) is 4. The van der Waals surface area contributed by atoms with Crippen molar-refractivity contribution in [3.63, 3.8) is 0 Å². The lowest BCUT2D eigenvalue weighted by Crippen LogP contribution is -2.57. The fourth-order valence-corrected chi connectivity index (χ4v) is 4.06. The SMILES string of the molecule is Cc1nn(CCC(=O)N2CC[C@](Cc3ccccc3)(C(=O)O)[C@H](O)C2)c(C)c1C. The predicted octanol–water partition coefficient (Wildman–Crippen LogP) is 2.11. The summed E-state index contributed by atoms with van der Waals surface area (Å²) in [7, 11) is 0. The lowest BCUT2D eigenvalue weighted by Gasteiger charge is -2.43. The second-order valence-electron chi connectivity index (χ2n) is 8.00. The number of hydrogen-bond donors (Lipinski definition) is 2. The number of carbonyl (C=O) groups excluding carboxylic acids is 1. The molecule has 0 spiro atoms. The second-order valence-corrected chi connectivity index (χ2v) is 8.00. The molecule has 7 nitrogen and oxygen atoms in total. The Labute approximate surface area is 171 Å². The van der Waals surface area contributed by atoms with Crippen LogP contribution in [0.4, 0.5) is 0 Å². The molecule has 7 heteroatoms. The summed E-state index contributed by atoms with van der Waals surface area (Å²) < 4.78 is 1.83. The summed E-state index contributed by atoms with van der Waals surface area (Å²) in [6.07, 6.45) is -0.373. The number of carboxylic acid groups (broad SMARTS) is 1. The highest BCUT2D eigenvalue weighted by Crippen LogP contribution is 2.36. The van der Waals surface area contributed by atoms with Crippen molar-refractivity contribution in [1.82, 2.24) is 14.7 Å². The molecule has 0 aliphatic carbocycles. The third kappa shape index (κ3) is 4.19. The van der Waals surface area contributed by atoms with Crippen LogP contribution in [0.3, 0.4) is 0 Å². The Balaban J connectivity index is 1.65. The maximum atomic E-state index is 12.7. The van der Waals surface area contributed by atoms with Gasteiger partial charge in [0.1, 0.15) is 5.41 Å². The Morgan fingerprint density at radius 1 is 1.21 bits per heavy atom. The Bertz CT molecular complexity index is 893. The molecule has 156 valence electrons. The molecule has 0 bridgehead atoms. The molecule has 1 aromatic carbocycles. The van der Waals surface area contributed by atoms with Crippen LogP contribution in [0.25, 0.3) is 0 Å². The van der Waals surface area contributed by atoms with Gasteiger partial charge >= 0.3 is 5.97 Å². The molecule has 0 saturated carbocycles. The smallest absolute Gasteiger partial charge is 0.312 e. The fourth-order valence-electron chi connectivity index (χ4n) is 4.06. The summed E-state index contributed by atoms with van der Waals surface area (Å²) in [6, 6.07) is 9.32. The van der Waals surface area contributed by atoms with Crippen molar-refractivity contribution in [1.29, 1.82) is 0 Å². The molecule has 29 heavy (non-hydrogen) atoms. The first-order valence-electron chi connectivity index (χ1n) is 9.98. The number of β-amino-alcohol motifs (C(OH)–C–C–N with tert-alkyl or cyclic N) is 1. The average Bonchev–Trinajstić information content (AvgIpc) is 2.95. The van der Waals surface area contributed by atoms with Crippen LogP contribution in [0, 0.1) is 26.2 Å². The van der Waals surface area contributed by atoms with E-state index in [9.17, 15) is 19.8 Å². The maximum absolute atomic E-state index is 12.7. The zero-order valence-electron chi connectivity index (χ0n) is 17.3. The van der Waals surface area contributed by atoms with E-state index in [1.165, 1.54) is 0 Å². The van der Waals surface area contributed by atoms with E-state index in [1.807, 2.05) is 55.8 Å². The maximum Gasteiger partial charge on any atom is 0.312 e. The number of benzene rings is 1. The number of aliphatic hydroxyl groups excluding tert-OH is 1. The van der Waals surface area contributed by atoms with E-state index in [2.05, 4.69) is 5.10 Å². The fraction of sp³-hybridized carbons (Fsp3) is 0.500. The second kappa shape index (κ2) is 8.37. The predicted molar refractivity (Wildman–Crippen MR) is 108 cm³/mol. The molecule has 2 heterocycles. The molecule has 1 aliphatic rings. The number of likely N-dealkylation sites (tertiary alicyclic amines) is 1. The Morgan fingerprint density at radius 2 is 1.90 bits per heavy atom. The normalized spacial score (nSPS) is 21.9. The van der Waals surface area contributed by atoms with Crippen LogP contribution >= 0.6 is 0 Å². The average molecular weight is 399 g/mol. The zero-order chi connectivity index (χ0) is 21.2. The van der Waals surface area contributed by atoms with Crippen LogP contribution in [0.1, 0.15) is 35.4 Å². The van der Waals surface area contributed by atoms with E-state index in [0.29, 0.717) is 13.1 Å². The first kappa shape index (κ1) is 21.0. The summed E-state index contributed by atoms with van der Waals surface area (Å²) in [4.78, 5) is 26.3. The summed E-state index contributed by atoms with van der Waals surface area (Å²) in [6.45, 7) is 6.77. The number of carbonyl (C=O) groups is 2. The van der Waals surface area contributed by atoms with E-state index in [0.717, 1.165) is 22.5 Å². The van der Waals surface area contributed by atoms with Crippen molar-refractivity contribution in [2.75, 3.05) is 13.1 Å². The van der Waals surface area contributed by atoms with Gasteiger partial charge in [-0.2, -0.15) is 5.10 Å². The summed E-state index contributed by atoms with van der Waals surface area (Å²) in [5.74, 6) is -1.10. The van der Waals surface area contributed by atoms with Crippen molar-refractivity contribution < 1.29 is 19.8 Å². The molecule has 1 fully saturated rings. The highest BCUT2D eigenvalue weighted by molar-refractivity contribution is 5.79. The van der Waals surface area contributed by atoms with E-state index < -0.39 is 17.5 Å². The first-order valence-corrected chi connectivity index (χ1v) is 9.98. The minimum Gasteiger partial charge on any atom is -0.481 e. The number of aliphatic hydroxyl groups is 1. The molecule has 1 amide bonds. The lowest BCUT2D eigenvalue weighted by atomic mass is 9.71. The molecule has 3 rings (SSSR count). The molecular formula is C22H29N3O4. The highest BCUT2D eigenvalue weighted by atomic mass is 16.4. The van der Waals surface area contributed by atoms with E-state index in [4.69, 9.17) is 0 Å². The molecule has 2 atom stereocenters. The van der Waals surface area contributed by atoms with Crippen molar-refractivity contribution in [2.24, 2.45) is 5.41 Å². The number of aliphatic carboxylic acids is 1. The van der Waals surface area contributed by atoms with Gasteiger partial charge in [0.05, 0.1) is 11.8 Å². The number of aromatic nitrogens is 2. The summed E-state index contributed by atoms with van der Waals surface area (Å²) in [5.41, 5.74) is 2.72. The van der Waals surface area contributed by atoms with Gasteiger partial charge < -0.3 is 15.1 Å². The van der Waals surface area contributed by atoms with Crippen LogP contribution in [-0.4, -0.2) is 56.0 Å². The van der Waals surface area contributed by atoms with Crippen LogP contribution < -0.4 is 0 Å². The van der Waals surface area contributed by atoms with Crippen LogP contribution in [0.5, 0.6) is 0 Å². The molecule has 2 N–H and O–H groups in total. The summed E-state index contributed by atoms with van der Waals surface area (Å²) >= 11 is 0. The lowest BCUT2D eigenvalue weighted by molar-refractivity contribution is -0.166. The van der Waals surface area contributed by atoms with Crippen LogP contribution in [-0.2, 0) is 22.6 Å². The van der Waals surface area contributed by atoms with Gasteiger partial charge in [-0.3, -0.25) is 14.3 Å². The van der Waals surface area contributed by atoms with Gasteiger partial charge in [-0.05, 0) is 44.7 Å². The molecule has 1 aliphatic heterocycles. The largest absolute Gasteiger partial charge is 0.481 e. The van der Waals surface area contributed by atoms with Crippen molar-refractivity contribution in [3.8, 4) is 0 Å². The molecule has 1 aromatic heterocycles. The highest BCUT2D eigenvalue weighted by Gasteiger charge is 2.49. The van der Waals surface area contributed by atoms with Gasteiger partial charge in [-0.25, -0.2) is 0 Å². The summed E-state index contributed by atoms with van der Waals surface area (Å²) in [5, 5.41) is 25.1. The quantitative estimate of drug-likeness (QED) is 0.776. The van der Waals surface area contributed by atoms with Crippen LogP contribution in [0.2, 0.25) is 0 Å². The van der Waals surface area contributed by atoms with Gasteiger partial charge in [0.2, 0.25) is 5.91 Å². The molecule has 1 saturated heterocycles. The Hall–Kier alpha value is -2.67. The van der Waals surface area contributed by atoms with E-state index in [1.54, 1.807) is 4.90 Å². The number of piperidine rings is 1. The van der Waals surface area contributed by atoms with Crippen molar-refractivity contribution in [2.45, 2.75) is 52.7 Å². The number of amides is 1. The monoisotopic (exact) mass is 399 g/mol. The number of carboxylic acids is 1. The number of rotatable bonds is 6. The third-order valence-electron chi connectivity index (χ3n) is 6.28. The third-order valence-corrected chi connectivity index (χ3v) is 6.28. The van der Waals surface area contributed by atoms with Gasteiger partial charge in [0.15, 0.2) is 0 Å². The molecule has 0 radical (unpaired) electrons. The first-order chi connectivity index (χ1) is 13.7. The standard InChI is InChI=1S/C22H29N3O4/c1-15-16(2)23-25(17(15)3)11-9-20(27)24-12-10-22(21(28)29,19(26)14-24)13-18-7-5-4-6-8-18/h4-8,19,26H,9-14H2,1-3H3,(H,28,29)/t19-,22-/m1/s1. The van der Waals surface area contributed by atoms with Gasteiger partial charge in [-0.15, -0.1) is 0 Å². The zero-order valence-corrected chi connectivity index (χ0v) is 17.3. The van der Waals surface area contributed by atoms with Crippen molar-refractivity contribution in [3.05, 3.63) is 52.8 Å². The Morgan fingerprint density at radius 3 is 2.45 bits per heavy atom. The Kier molecular flexibility index (Phi) is 6.07. The minimum atomic E-state index is -1.27. The minimum absolute atomic E-state index is 0.0358. The molecule has 0 unspecified atom stereocenters. The number of aryl methyl sites for hydroxylation is 2. The van der Waals surface area contributed by atoms with Crippen LogP contribution in [0.15, 0.2) is 30.3 Å². The van der Waals surface area contributed by atoms with Gasteiger partial charge in [0, 0.05) is 31.7 Å². The van der Waals surface area contributed by atoms with E-state index >= 15 is 0 Å². The van der Waals surface area contributed by atoms with Crippen molar-refractivity contribution >= 4 is 11.9 Å². The molecule has 2 aromatic rings. The topological polar surface area (TPSA) is 95.7 Å². The van der Waals surface area contributed by atoms with Gasteiger partial charge in [-0.1, -0.05) is 30.3 Å².